The maximum Gasteiger partial charge on any atom is 0.138 e. The van der Waals surface area contributed by atoms with Gasteiger partial charge in [0.05, 0.1) is 0 Å². The van der Waals surface area contributed by atoms with Gasteiger partial charge in [-0.3, -0.25) is 0 Å². The second kappa shape index (κ2) is 9.40. The quantitative estimate of drug-likeness (QED) is 0.438. The molecular formula is C15H23NS2. The van der Waals surface area contributed by atoms with Crippen LogP contribution in [0.15, 0.2) is 29.2 Å². The molecule has 0 saturated carbocycles. The fourth-order valence-corrected chi connectivity index (χ4v) is 3.01. The molecule has 0 fully saturated rings. The molecule has 100 valence electrons. The second-order valence-corrected chi connectivity index (χ2v) is 6.06. The first-order chi connectivity index (χ1) is 8.77. The van der Waals surface area contributed by atoms with Crippen molar-refractivity contribution in [3.05, 3.63) is 29.8 Å². The molecular weight excluding hydrogens is 258 g/mol. The molecule has 0 aliphatic rings. The van der Waals surface area contributed by atoms with Crippen LogP contribution >= 0.6 is 24.0 Å². The minimum Gasteiger partial charge on any atom is -0.371 e. The summed E-state index contributed by atoms with van der Waals surface area (Å²) in [5.74, 6) is 0. The summed E-state index contributed by atoms with van der Waals surface area (Å²) in [4.78, 5) is 1.28. The summed E-state index contributed by atoms with van der Waals surface area (Å²) in [5, 5.41) is 3.34. The summed E-state index contributed by atoms with van der Waals surface area (Å²) in [7, 11) is 0. The summed E-state index contributed by atoms with van der Waals surface area (Å²) >= 11 is 7.05. The second-order valence-electron chi connectivity index (χ2n) is 4.34. The van der Waals surface area contributed by atoms with E-state index >= 15 is 0 Å². The van der Waals surface area contributed by atoms with Crippen molar-refractivity contribution < 1.29 is 0 Å². The third kappa shape index (κ3) is 5.87. The molecule has 1 aromatic rings. The standard InChI is InChI=1S/C15H23NS2/c1-3-5-6-9-12-16-15(17)18-14-11-8-7-10-13(14)4-2/h7-8,10-11H,3-6,9,12H2,1-2H3,(H,16,17). The number of thiocarbonyl (C=S) groups is 1. The fourth-order valence-electron chi connectivity index (χ4n) is 1.77. The molecule has 0 amide bonds. The molecule has 0 aromatic heterocycles. The lowest BCUT2D eigenvalue weighted by atomic mass is 10.2. The van der Waals surface area contributed by atoms with E-state index in [9.17, 15) is 0 Å². The maximum absolute atomic E-state index is 5.37. The van der Waals surface area contributed by atoms with E-state index in [2.05, 4.69) is 43.4 Å². The Morgan fingerprint density at radius 1 is 1.17 bits per heavy atom. The lowest BCUT2D eigenvalue weighted by Gasteiger charge is -2.10. The van der Waals surface area contributed by atoms with Crippen LogP contribution in [0.2, 0.25) is 0 Å². The summed E-state index contributed by atoms with van der Waals surface area (Å²) in [6.45, 7) is 5.41. The molecule has 1 nitrogen and oxygen atoms in total. The molecule has 0 spiro atoms. The Kier molecular flexibility index (Phi) is 8.10. The highest BCUT2D eigenvalue weighted by molar-refractivity contribution is 8.23. The molecule has 0 radical (unpaired) electrons. The van der Waals surface area contributed by atoms with Gasteiger partial charge in [-0.05, 0) is 24.5 Å². The molecule has 0 atom stereocenters. The van der Waals surface area contributed by atoms with Crippen molar-refractivity contribution in [2.24, 2.45) is 0 Å². The summed E-state index contributed by atoms with van der Waals surface area (Å²) in [5.41, 5.74) is 1.37. The third-order valence-corrected chi connectivity index (χ3v) is 4.20. The van der Waals surface area contributed by atoms with E-state index in [1.807, 2.05) is 0 Å². The predicted molar refractivity (Wildman–Crippen MR) is 86.4 cm³/mol. The summed E-state index contributed by atoms with van der Waals surface area (Å²) in [6, 6.07) is 8.48. The van der Waals surface area contributed by atoms with Crippen LogP contribution in [0.1, 0.15) is 45.1 Å². The Labute approximate surface area is 121 Å². The average molecular weight is 281 g/mol. The van der Waals surface area contributed by atoms with Gasteiger partial charge in [0.2, 0.25) is 0 Å². The topological polar surface area (TPSA) is 12.0 Å². The van der Waals surface area contributed by atoms with Gasteiger partial charge in [0.1, 0.15) is 4.32 Å². The highest BCUT2D eigenvalue weighted by Gasteiger charge is 2.03. The van der Waals surface area contributed by atoms with Crippen LogP contribution in [0.3, 0.4) is 0 Å². The van der Waals surface area contributed by atoms with Gasteiger partial charge in [-0.1, -0.05) is 75.3 Å². The molecule has 0 unspecified atom stereocenters. The van der Waals surface area contributed by atoms with Crippen molar-refractivity contribution in [3.63, 3.8) is 0 Å². The predicted octanol–water partition coefficient (Wildman–Crippen LogP) is 4.80. The molecule has 0 aliphatic heterocycles. The maximum atomic E-state index is 5.37. The van der Waals surface area contributed by atoms with Crippen LogP contribution in [0.4, 0.5) is 0 Å². The van der Waals surface area contributed by atoms with Gasteiger partial charge < -0.3 is 5.32 Å². The number of hydrogen-bond donors (Lipinski definition) is 1. The molecule has 0 heterocycles. The van der Waals surface area contributed by atoms with Crippen molar-refractivity contribution in [1.29, 1.82) is 0 Å². The molecule has 0 aliphatic carbocycles. The SMILES string of the molecule is CCCCCCNC(=S)Sc1ccccc1CC. The Hall–Kier alpha value is -0.540. The first-order valence-corrected chi connectivity index (χ1v) is 8.04. The van der Waals surface area contributed by atoms with Gasteiger partial charge in [0.25, 0.3) is 0 Å². The van der Waals surface area contributed by atoms with E-state index in [0.717, 1.165) is 17.3 Å². The van der Waals surface area contributed by atoms with Gasteiger partial charge in [0.15, 0.2) is 0 Å². The van der Waals surface area contributed by atoms with Gasteiger partial charge >= 0.3 is 0 Å². The van der Waals surface area contributed by atoms with E-state index in [0.29, 0.717) is 0 Å². The van der Waals surface area contributed by atoms with Crippen molar-refractivity contribution in [1.82, 2.24) is 5.32 Å². The van der Waals surface area contributed by atoms with Crippen LogP contribution < -0.4 is 5.32 Å². The Balaban J connectivity index is 2.31. The minimum absolute atomic E-state index is 0.896. The Bertz CT molecular complexity index is 363. The molecule has 1 N–H and O–H groups in total. The van der Waals surface area contributed by atoms with Crippen LogP contribution in [-0.2, 0) is 6.42 Å². The normalized spacial score (nSPS) is 10.3. The van der Waals surface area contributed by atoms with Crippen molar-refractivity contribution in [2.45, 2.75) is 50.8 Å². The molecule has 18 heavy (non-hydrogen) atoms. The number of unbranched alkanes of at least 4 members (excludes halogenated alkanes) is 3. The van der Waals surface area contributed by atoms with Crippen molar-refractivity contribution in [3.8, 4) is 0 Å². The lowest BCUT2D eigenvalue weighted by molar-refractivity contribution is 0.657. The highest BCUT2D eigenvalue weighted by atomic mass is 32.2. The zero-order valence-corrected chi connectivity index (χ0v) is 13.0. The van der Waals surface area contributed by atoms with Gasteiger partial charge in [-0.15, -0.1) is 0 Å². The van der Waals surface area contributed by atoms with E-state index in [-0.39, 0.29) is 0 Å². The van der Waals surface area contributed by atoms with Crippen LogP contribution in [0.25, 0.3) is 0 Å². The number of thioether (sulfide) groups is 1. The number of benzene rings is 1. The molecule has 0 saturated heterocycles. The van der Waals surface area contributed by atoms with Crippen molar-refractivity contribution in [2.75, 3.05) is 6.54 Å². The first-order valence-electron chi connectivity index (χ1n) is 6.81. The van der Waals surface area contributed by atoms with Crippen LogP contribution in [0, 0.1) is 0 Å². The number of nitrogens with one attached hydrogen (secondary N) is 1. The number of aryl methyl sites for hydroxylation is 1. The highest BCUT2D eigenvalue weighted by Crippen LogP contribution is 2.23. The number of rotatable bonds is 7. The lowest BCUT2D eigenvalue weighted by Crippen LogP contribution is -2.19. The largest absolute Gasteiger partial charge is 0.371 e. The Morgan fingerprint density at radius 2 is 1.94 bits per heavy atom. The molecule has 1 rings (SSSR count). The molecule has 3 heteroatoms. The van der Waals surface area contributed by atoms with Crippen molar-refractivity contribution >= 4 is 28.3 Å². The van der Waals surface area contributed by atoms with Gasteiger partial charge in [-0.2, -0.15) is 0 Å². The van der Waals surface area contributed by atoms with E-state index < -0.39 is 0 Å². The first kappa shape index (κ1) is 15.5. The summed E-state index contributed by atoms with van der Waals surface area (Å²) in [6.07, 6.45) is 6.16. The smallest absolute Gasteiger partial charge is 0.138 e. The van der Waals surface area contributed by atoms with Crippen LogP contribution in [0.5, 0.6) is 0 Å². The van der Waals surface area contributed by atoms with E-state index in [4.69, 9.17) is 12.2 Å². The zero-order valence-electron chi connectivity index (χ0n) is 11.4. The third-order valence-electron chi connectivity index (χ3n) is 2.86. The average Bonchev–Trinajstić information content (AvgIpc) is 2.39. The van der Waals surface area contributed by atoms with E-state index in [1.165, 1.54) is 36.1 Å². The summed E-state index contributed by atoms with van der Waals surface area (Å²) < 4.78 is 0.896. The fraction of sp³-hybridized carbons (Fsp3) is 0.533. The van der Waals surface area contributed by atoms with Gasteiger partial charge in [-0.25, -0.2) is 0 Å². The van der Waals surface area contributed by atoms with E-state index in [1.54, 1.807) is 11.8 Å². The van der Waals surface area contributed by atoms with Crippen LogP contribution in [-0.4, -0.2) is 10.9 Å². The molecule has 1 aromatic carbocycles. The monoisotopic (exact) mass is 281 g/mol. The Morgan fingerprint density at radius 3 is 2.67 bits per heavy atom. The van der Waals surface area contributed by atoms with Gasteiger partial charge in [0, 0.05) is 11.4 Å². The number of hydrogen-bond acceptors (Lipinski definition) is 2. The molecule has 0 bridgehead atoms. The minimum atomic E-state index is 0.896. The zero-order chi connectivity index (χ0) is 13.2.